The first-order valence-corrected chi connectivity index (χ1v) is 14.4. The van der Waals surface area contributed by atoms with E-state index in [-0.39, 0.29) is 36.7 Å². The van der Waals surface area contributed by atoms with Gasteiger partial charge in [-0.25, -0.2) is 14.7 Å². The van der Waals surface area contributed by atoms with Crippen molar-refractivity contribution in [3.63, 3.8) is 0 Å². The standard InChI is InChI=1S/C28H39N9O6/c1-16(23(38)24(29)39)32-26(41)21-11-18(37-22(12-31-34-37)28(2,3)43)13-36(21)27(42)19(10-17-8-6-5-7-9-17)33-25(40)20-14-35(4)15-30-20/h12,14-18,21,43H,5-11,13H2,1-4H3,(H2,29,39)(H,32,41)/t16?,18-,21-/m0/s1. The summed E-state index contributed by atoms with van der Waals surface area (Å²) in [7, 11) is 1.71. The summed E-state index contributed by atoms with van der Waals surface area (Å²) in [5.74, 6) is -3.99. The molecule has 3 atom stereocenters. The summed E-state index contributed by atoms with van der Waals surface area (Å²) < 4.78 is 3.08. The fourth-order valence-corrected chi connectivity index (χ4v) is 5.72. The first-order valence-electron chi connectivity index (χ1n) is 14.4. The number of likely N-dealkylation sites (tertiary alicyclic amines) is 1. The molecule has 1 aliphatic heterocycles. The Morgan fingerprint density at radius 3 is 2.49 bits per heavy atom. The molecule has 0 radical (unpaired) electrons. The summed E-state index contributed by atoms with van der Waals surface area (Å²) in [6.45, 7) is 4.46. The highest BCUT2D eigenvalue weighted by molar-refractivity contribution is 6.41. The maximum Gasteiger partial charge on any atom is 0.297 e. The first kappa shape index (κ1) is 31.7. The number of nitrogens with zero attached hydrogens (tertiary/aromatic N) is 7. The molecule has 1 saturated heterocycles. The van der Waals surface area contributed by atoms with Gasteiger partial charge in [0, 0.05) is 26.2 Å². The third kappa shape index (κ3) is 7.39. The molecule has 2 fully saturated rings. The lowest BCUT2D eigenvalue weighted by atomic mass is 9.85. The lowest BCUT2D eigenvalue weighted by Crippen LogP contribution is -2.52. The van der Waals surface area contributed by atoms with E-state index < -0.39 is 53.1 Å². The Morgan fingerprint density at radius 2 is 1.88 bits per heavy atom. The normalized spacial score (nSPS) is 20.6. The molecular weight excluding hydrogens is 558 g/mol. The smallest absolute Gasteiger partial charge is 0.297 e. The number of Topliss-reactive ketones (excluding diaryl/α,β-unsaturated/α-hetero) is 1. The van der Waals surface area contributed by atoms with Crippen LogP contribution < -0.4 is 11.1 Å². The molecule has 1 aliphatic carbocycles. The van der Waals surface area contributed by atoms with Crippen LogP contribution in [0.3, 0.4) is 0 Å². The van der Waals surface area contributed by atoms with Gasteiger partial charge in [-0.15, -0.1) is 5.10 Å². The van der Waals surface area contributed by atoms with Crippen molar-refractivity contribution in [2.75, 3.05) is 6.54 Å². The van der Waals surface area contributed by atoms with Gasteiger partial charge in [-0.2, -0.15) is 0 Å². The first-order chi connectivity index (χ1) is 20.3. The third-order valence-corrected chi connectivity index (χ3v) is 8.00. The minimum absolute atomic E-state index is 0.0109. The Morgan fingerprint density at radius 1 is 1.19 bits per heavy atom. The molecule has 15 heteroatoms. The number of aliphatic hydroxyl groups is 1. The molecular formula is C28H39N9O6. The number of hydrogen-bond donors (Lipinski definition) is 3. The van der Waals surface area contributed by atoms with Gasteiger partial charge in [-0.3, -0.25) is 24.0 Å². The van der Waals surface area contributed by atoms with Gasteiger partial charge in [0.15, 0.2) is 0 Å². The molecule has 43 heavy (non-hydrogen) atoms. The predicted octanol–water partition coefficient (Wildman–Crippen LogP) is 0.192. The number of imidazole rings is 1. The second kappa shape index (κ2) is 12.9. The molecule has 2 aliphatic rings. The SMILES string of the molecule is CC(NC(=O)[C@@H]1C[C@H](n2nncc2C(C)(C)O)CN1C(=O)C(CC1CCCCC1)=NC(=O)c1cn(C)cn1)C(=O)C(N)=O. The summed E-state index contributed by atoms with van der Waals surface area (Å²) in [6, 6.07) is -2.91. The van der Waals surface area contributed by atoms with Crippen molar-refractivity contribution in [3.05, 3.63) is 30.1 Å². The quantitative estimate of drug-likeness (QED) is 0.252. The minimum atomic E-state index is -1.32. The summed E-state index contributed by atoms with van der Waals surface area (Å²) in [6.07, 6.45) is 9.59. The van der Waals surface area contributed by atoms with E-state index in [9.17, 15) is 29.1 Å². The molecule has 4 amide bonds. The van der Waals surface area contributed by atoms with Gasteiger partial charge in [0.1, 0.15) is 23.0 Å². The summed E-state index contributed by atoms with van der Waals surface area (Å²) in [4.78, 5) is 74.0. The van der Waals surface area contributed by atoms with Crippen LogP contribution in [0.5, 0.6) is 0 Å². The van der Waals surface area contributed by atoms with E-state index in [0.29, 0.717) is 5.69 Å². The van der Waals surface area contributed by atoms with E-state index in [2.05, 4.69) is 25.6 Å². The van der Waals surface area contributed by atoms with Crippen molar-refractivity contribution in [2.45, 2.75) is 89.4 Å². The molecule has 232 valence electrons. The number of ketones is 1. The zero-order chi connectivity index (χ0) is 31.5. The fourth-order valence-electron chi connectivity index (χ4n) is 5.72. The number of nitrogens with one attached hydrogen (secondary N) is 1. The number of nitrogens with two attached hydrogens (primary N) is 1. The molecule has 15 nitrogen and oxygen atoms in total. The van der Waals surface area contributed by atoms with Crippen LogP contribution >= 0.6 is 0 Å². The van der Waals surface area contributed by atoms with Crippen LogP contribution in [-0.4, -0.2) is 88.3 Å². The van der Waals surface area contributed by atoms with Crippen LogP contribution in [0.2, 0.25) is 0 Å². The Kier molecular flexibility index (Phi) is 9.52. The van der Waals surface area contributed by atoms with Crippen molar-refractivity contribution in [1.82, 2.24) is 34.8 Å². The number of aryl methyl sites for hydroxylation is 1. The van der Waals surface area contributed by atoms with Crippen molar-refractivity contribution in [1.29, 1.82) is 0 Å². The molecule has 0 aromatic carbocycles. The Bertz CT molecular complexity index is 1420. The topological polar surface area (TPSA) is 208 Å². The van der Waals surface area contributed by atoms with Crippen molar-refractivity contribution < 1.29 is 29.1 Å². The van der Waals surface area contributed by atoms with Crippen LogP contribution in [0.25, 0.3) is 0 Å². The number of primary amides is 1. The van der Waals surface area contributed by atoms with E-state index >= 15 is 0 Å². The fraction of sp³-hybridized carbons (Fsp3) is 0.607. The van der Waals surface area contributed by atoms with Crippen molar-refractivity contribution in [3.8, 4) is 0 Å². The second-order valence-corrected chi connectivity index (χ2v) is 11.9. The molecule has 1 unspecified atom stereocenters. The Hall–Kier alpha value is -4.27. The van der Waals surface area contributed by atoms with Gasteiger partial charge < -0.3 is 25.6 Å². The molecule has 4 rings (SSSR count). The molecule has 4 N–H and O–H groups in total. The highest BCUT2D eigenvalue weighted by Crippen LogP contribution is 2.33. The van der Waals surface area contributed by atoms with E-state index in [1.165, 1.54) is 35.2 Å². The Balaban J connectivity index is 1.69. The molecule has 3 heterocycles. The Labute approximate surface area is 248 Å². The second-order valence-electron chi connectivity index (χ2n) is 11.9. The third-order valence-electron chi connectivity index (χ3n) is 8.00. The zero-order valence-corrected chi connectivity index (χ0v) is 24.9. The van der Waals surface area contributed by atoms with E-state index in [4.69, 9.17) is 5.73 Å². The monoisotopic (exact) mass is 597 g/mol. The number of rotatable bonds is 10. The van der Waals surface area contributed by atoms with Crippen LogP contribution in [-0.2, 0) is 31.8 Å². The minimum Gasteiger partial charge on any atom is -0.384 e. The van der Waals surface area contributed by atoms with Crippen LogP contribution in [0.15, 0.2) is 23.7 Å². The zero-order valence-electron chi connectivity index (χ0n) is 24.9. The van der Waals surface area contributed by atoms with Gasteiger partial charge in [0.25, 0.3) is 17.7 Å². The maximum atomic E-state index is 14.2. The number of carbonyl (C=O) groups excluding carboxylic acids is 5. The maximum absolute atomic E-state index is 14.2. The van der Waals surface area contributed by atoms with Gasteiger partial charge in [0.05, 0.1) is 30.3 Å². The van der Waals surface area contributed by atoms with Crippen molar-refractivity contribution in [2.24, 2.45) is 23.7 Å². The van der Waals surface area contributed by atoms with E-state index in [1.54, 1.807) is 25.5 Å². The van der Waals surface area contributed by atoms with Gasteiger partial charge in [-0.05, 0) is 33.1 Å². The van der Waals surface area contributed by atoms with Gasteiger partial charge in [0.2, 0.25) is 11.7 Å². The predicted molar refractivity (Wildman–Crippen MR) is 152 cm³/mol. The van der Waals surface area contributed by atoms with Crippen LogP contribution in [0, 0.1) is 5.92 Å². The summed E-state index contributed by atoms with van der Waals surface area (Å²) in [5.41, 5.74) is 4.27. The molecule has 2 aromatic rings. The van der Waals surface area contributed by atoms with Crippen LogP contribution in [0.1, 0.15) is 87.9 Å². The van der Waals surface area contributed by atoms with Crippen LogP contribution in [0.4, 0.5) is 0 Å². The molecule has 2 aromatic heterocycles. The largest absolute Gasteiger partial charge is 0.384 e. The van der Waals surface area contributed by atoms with E-state index in [0.717, 1.165) is 32.1 Å². The van der Waals surface area contributed by atoms with Gasteiger partial charge in [-0.1, -0.05) is 37.3 Å². The molecule has 1 saturated carbocycles. The van der Waals surface area contributed by atoms with E-state index in [1.807, 2.05) is 0 Å². The average Bonchev–Trinajstić information content (AvgIpc) is 3.71. The number of aromatic nitrogens is 5. The van der Waals surface area contributed by atoms with Gasteiger partial charge >= 0.3 is 0 Å². The lowest BCUT2D eigenvalue weighted by Gasteiger charge is -2.27. The van der Waals surface area contributed by atoms with Crippen molar-refractivity contribution >= 4 is 35.1 Å². The molecule has 0 bridgehead atoms. The molecule has 0 spiro atoms. The number of aliphatic imine (C=N–C) groups is 1. The summed E-state index contributed by atoms with van der Waals surface area (Å²) in [5, 5.41) is 21.2. The summed E-state index contributed by atoms with van der Waals surface area (Å²) >= 11 is 0. The highest BCUT2D eigenvalue weighted by atomic mass is 16.3. The number of hydrogen-bond acceptors (Lipinski definition) is 9. The highest BCUT2D eigenvalue weighted by Gasteiger charge is 2.44. The lowest BCUT2D eigenvalue weighted by molar-refractivity contribution is -0.139. The average molecular weight is 598 g/mol. The number of amides is 4. The number of carbonyl (C=O) groups is 5.